The Morgan fingerprint density at radius 1 is 0.833 bits per heavy atom. The second-order valence-corrected chi connectivity index (χ2v) is 11.2. The molecule has 18 heavy (non-hydrogen) atoms. The van der Waals surface area contributed by atoms with E-state index in [0.717, 1.165) is 0 Å². The molecule has 3 N–H and O–H groups in total. The number of carbonyl (C=O) groups is 2. The molecule has 0 heterocycles. The van der Waals surface area contributed by atoms with Gasteiger partial charge in [-0.05, 0) is 0 Å². The maximum absolute atomic E-state index is 11.6. The maximum atomic E-state index is 11.6. The van der Waals surface area contributed by atoms with Crippen LogP contribution >= 0.6 is 18.8 Å². The quantitative estimate of drug-likeness (QED) is 0.579. The van der Waals surface area contributed by atoms with Crippen LogP contribution in [0.3, 0.4) is 0 Å². The van der Waals surface area contributed by atoms with Crippen LogP contribution in [-0.2, 0) is 31.1 Å². The van der Waals surface area contributed by atoms with Crippen LogP contribution in [0, 0.1) is 0 Å². The SMILES string of the molecule is N.O=C([O][Pt]([Cl])([Cl])[O]C(=O)C(F)(F)F)C(F)(F)F. The van der Waals surface area contributed by atoms with Gasteiger partial charge < -0.3 is 6.15 Å². The monoisotopic (exact) mass is 508 g/mol. The van der Waals surface area contributed by atoms with E-state index in [1.54, 1.807) is 0 Å². The van der Waals surface area contributed by atoms with Gasteiger partial charge in [0.1, 0.15) is 0 Å². The molecule has 5 nitrogen and oxygen atoms in total. The first-order valence-corrected chi connectivity index (χ1v) is 10.4. The zero-order valence-electron chi connectivity index (χ0n) is 7.68. The Kier molecular flexibility index (Phi) is 6.99. The van der Waals surface area contributed by atoms with Crippen molar-refractivity contribution in [2.75, 3.05) is 0 Å². The minimum atomic E-state index is -5.70. The summed E-state index contributed by atoms with van der Waals surface area (Å²) in [5, 5.41) is 0. The third-order valence-corrected chi connectivity index (χ3v) is 4.25. The van der Waals surface area contributed by atoms with Gasteiger partial charge in [0, 0.05) is 0 Å². The molecule has 0 radical (unpaired) electrons. The molecule has 0 unspecified atom stereocenters. The van der Waals surface area contributed by atoms with E-state index in [0.29, 0.717) is 0 Å². The number of alkyl halides is 6. The average molecular weight is 509 g/mol. The summed E-state index contributed by atoms with van der Waals surface area (Å²) in [5.41, 5.74) is 0. The Labute approximate surface area is 107 Å². The molecule has 0 saturated heterocycles. The van der Waals surface area contributed by atoms with E-state index in [1.165, 1.54) is 0 Å². The van der Waals surface area contributed by atoms with Crippen LogP contribution in [0.5, 0.6) is 0 Å². The van der Waals surface area contributed by atoms with E-state index < -0.39 is 39.0 Å². The molecule has 114 valence electrons. The van der Waals surface area contributed by atoms with Crippen molar-refractivity contribution in [3.05, 3.63) is 0 Å². The first kappa shape index (κ1) is 20.1. The zero-order valence-corrected chi connectivity index (χ0v) is 11.5. The fourth-order valence-electron chi connectivity index (χ4n) is 0.223. The van der Waals surface area contributed by atoms with Gasteiger partial charge in [0.15, 0.2) is 0 Å². The normalized spacial score (nSPS) is 13.3. The van der Waals surface area contributed by atoms with Gasteiger partial charge in [-0.15, -0.1) is 0 Å². The van der Waals surface area contributed by atoms with Crippen LogP contribution in [0.1, 0.15) is 0 Å². The van der Waals surface area contributed by atoms with Gasteiger partial charge in [-0.3, -0.25) is 0 Å². The van der Waals surface area contributed by atoms with Gasteiger partial charge in [0.25, 0.3) is 0 Å². The molecule has 0 saturated carbocycles. The third kappa shape index (κ3) is 7.24. The molecular formula is C4H3Cl2F6NO4Pt. The molecule has 0 aromatic heterocycles. The molecule has 0 rings (SSSR count). The summed E-state index contributed by atoms with van der Waals surface area (Å²) in [4.78, 5) is 20.3. The molecule has 0 aromatic carbocycles. The Hall–Kier alpha value is -0.252. The predicted molar refractivity (Wildman–Crippen MR) is 41.0 cm³/mol. The van der Waals surface area contributed by atoms with Crippen molar-refractivity contribution in [2.24, 2.45) is 0 Å². The van der Waals surface area contributed by atoms with Crippen LogP contribution in [0.4, 0.5) is 26.3 Å². The van der Waals surface area contributed by atoms with Crippen LogP contribution in [0.15, 0.2) is 0 Å². The first-order chi connectivity index (χ1) is 7.26. The summed E-state index contributed by atoms with van der Waals surface area (Å²) in [6.07, 6.45) is -11.0. The van der Waals surface area contributed by atoms with Gasteiger partial charge in [-0.2, -0.15) is 0 Å². The van der Waals surface area contributed by atoms with Gasteiger partial charge in [-0.1, -0.05) is 0 Å². The van der Waals surface area contributed by atoms with Gasteiger partial charge >= 0.3 is 101 Å². The number of rotatable bonds is 2. The van der Waals surface area contributed by atoms with Gasteiger partial charge in [-0.25, -0.2) is 0 Å². The fraction of sp³-hybridized carbons (Fsp3) is 0.500. The molecule has 0 amide bonds. The van der Waals surface area contributed by atoms with E-state index in [1.807, 2.05) is 0 Å². The topological polar surface area (TPSA) is 87.6 Å². The summed E-state index contributed by atoms with van der Waals surface area (Å²) in [5.74, 6) is -5.90. The van der Waals surface area contributed by atoms with E-state index in [4.69, 9.17) is 18.8 Å². The van der Waals surface area contributed by atoms with Crippen LogP contribution < -0.4 is 6.15 Å². The van der Waals surface area contributed by atoms with E-state index in [-0.39, 0.29) is 6.15 Å². The van der Waals surface area contributed by atoms with E-state index in [9.17, 15) is 35.9 Å². The Balaban J connectivity index is 0. The summed E-state index contributed by atoms with van der Waals surface area (Å²) >= 11 is -5.70. The minimum absolute atomic E-state index is 0. The molecule has 14 heteroatoms. The Morgan fingerprint density at radius 2 is 1.06 bits per heavy atom. The molecule has 0 aromatic rings. The van der Waals surface area contributed by atoms with Crippen molar-refractivity contribution in [3.63, 3.8) is 0 Å². The third-order valence-electron chi connectivity index (χ3n) is 0.730. The molecule has 0 aliphatic rings. The van der Waals surface area contributed by atoms with E-state index >= 15 is 0 Å². The average Bonchev–Trinajstić information content (AvgIpc) is 1.97. The summed E-state index contributed by atoms with van der Waals surface area (Å²) in [7, 11) is 9.60. The first-order valence-electron chi connectivity index (χ1n) is 2.95. The molecule has 0 aliphatic heterocycles. The molecule has 0 aliphatic carbocycles. The Bertz CT molecular complexity index is 301. The second kappa shape index (κ2) is 6.27. The fourth-order valence-corrected chi connectivity index (χ4v) is 3.28. The molecule has 0 fully saturated rings. The van der Waals surface area contributed by atoms with Crippen LogP contribution in [0.25, 0.3) is 0 Å². The predicted octanol–water partition coefficient (Wildman–Crippen LogP) is 2.65. The molecule has 0 bridgehead atoms. The number of hydrogen-bond donors (Lipinski definition) is 1. The van der Waals surface area contributed by atoms with Crippen molar-refractivity contribution < 1.29 is 57.5 Å². The van der Waals surface area contributed by atoms with Crippen molar-refractivity contribution in [3.8, 4) is 0 Å². The number of carbonyl (C=O) groups excluding carboxylic acids is 2. The Morgan fingerprint density at radius 3 is 1.22 bits per heavy atom. The van der Waals surface area contributed by atoms with Crippen LogP contribution in [-0.4, -0.2) is 24.3 Å². The van der Waals surface area contributed by atoms with Crippen molar-refractivity contribution >= 4 is 30.8 Å². The summed E-state index contributed by atoms with van der Waals surface area (Å²) in [6, 6.07) is 0. The summed E-state index contributed by atoms with van der Waals surface area (Å²) < 4.78 is 76.3. The number of halogens is 8. The van der Waals surface area contributed by atoms with E-state index in [2.05, 4.69) is 6.78 Å². The second-order valence-electron chi connectivity index (χ2n) is 1.99. The van der Waals surface area contributed by atoms with Crippen molar-refractivity contribution in [2.45, 2.75) is 12.4 Å². The van der Waals surface area contributed by atoms with Crippen molar-refractivity contribution in [1.82, 2.24) is 6.15 Å². The van der Waals surface area contributed by atoms with Crippen molar-refractivity contribution in [1.29, 1.82) is 0 Å². The van der Waals surface area contributed by atoms with Crippen LogP contribution in [0.2, 0.25) is 0 Å². The standard InChI is InChI=1S/2C2HF3O2.2ClH.H3N.Pt/c2*3-2(4,5)1(6)7;;;;/h2*(H,6,7);2*1H;1H3;/q;;;;;+4/p-4. The van der Waals surface area contributed by atoms with Gasteiger partial charge in [0.05, 0.1) is 0 Å². The summed E-state index contributed by atoms with van der Waals surface area (Å²) in [6.45, 7) is 0. The molecule has 0 atom stereocenters. The number of hydrogen-bond acceptors (Lipinski definition) is 5. The molecule has 0 spiro atoms. The molecular weight excluding hydrogens is 506 g/mol. The van der Waals surface area contributed by atoms with Gasteiger partial charge in [0.2, 0.25) is 0 Å². The zero-order chi connectivity index (χ0) is 14.1.